The topological polar surface area (TPSA) is 75.3 Å². The van der Waals surface area contributed by atoms with Crippen LogP contribution in [0, 0.1) is 6.92 Å². The number of pyridine rings is 1. The first kappa shape index (κ1) is 15.4. The number of nitrogens with zero attached hydrogens (tertiary/aromatic N) is 2. The Morgan fingerprint density at radius 1 is 1.53 bits per heavy atom. The average Bonchev–Trinajstić information content (AvgIpc) is 2.36. The van der Waals surface area contributed by atoms with E-state index in [0.717, 1.165) is 25.1 Å². The van der Waals surface area contributed by atoms with E-state index in [2.05, 4.69) is 33.6 Å². The minimum absolute atomic E-state index is 0.222. The number of hydrogen-bond acceptors (Lipinski definition) is 3. The van der Waals surface area contributed by atoms with Crippen LogP contribution in [0.4, 0.5) is 0 Å². The molecule has 0 atom stereocenters. The Balaban J connectivity index is 2.42. The first-order valence-corrected chi connectivity index (χ1v) is 6.79. The molecule has 4 N–H and O–H groups in total. The van der Waals surface area contributed by atoms with Crippen molar-refractivity contribution < 1.29 is 0 Å². The zero-order valence-corrected chi connectivity index (χ0v) is 12.3. The first-order valence-electron chi connectivity index (χ1n) is 6.38. The number of aromatic nitrogens is 1. The molecular weight excluding hydrogens is 258 g/mol. The quantitative estimate of drug-likeness (QED) is 0.326. The molecule has 0 aliphatic carbocycles. The number of nitrogens with two attached hydrogens (primary N) is 1. The van der Waals surface area contributed by atoms with Crippen LogP contribution >= 0.6 is 12.2 Å². The number of thiocarbonyl (C=S) groups is 1. The van der Waals surface area contributed by atoms with Crippen LogP contribution < -0.4 is 16.4 Å². The Kier molecular flexibility index (Phi) is 6.81. The van der Waals surface area contributed by atoms with Crippen molar-refractivity contribution in [2.24, 2.45) is 10.7 Å². The standard InChI is InChI=1S/C13H21N5S/c1-3-15-13(18-12(14)19)17-9-5-7-11-10(2)6-4-8-16-11/h4,6,8H,3,5,7,9H2,1-2H3,(H4,14,15,17,18,19). The summed E-state index contributed by atoms with van der Waals surface area (Å²) in [4.78, 5) is 8.76. The molecule has 5 nitrogen and oxygen atoms in total. The van der Waals surface area contributed by atoms with Crippen LogP contribution in [-0.4, -0.2) is 29.1 Å². The molecule has 0 saturated heterocycles. The van der Waals surface area contributed by atoms with Gasteiger partial charge in [0.25, 0.3) is 0 Å². The summed E-state index contributed by atoms with van der Waals surface area (Å²) in [6, 6.07) is 4.02. The maximum Gasteiger partial charge on any atom is 0.197 e. The van der Waals surface area contributed by atoms with Gasteiger partial charge in [-0.1, -0.05) is 6.07 Å². The van der Waals surface area contributed by atoms with Crippen molar-refractivity contribution in [3.63, 3.8) is 0 Å². The lowest BCUT2D eigenvalue weighted by atomic mass is 10.1. The third kappa shape index (κ3) is 6.15. The van der Waals surface area contributed by atoms with Crippen LogP contribution in [0.15, 0.2) is 23.3 Å². The molecule has 104 valence electrons. The van der Waals surface area contributed by atoms with Gasteiger partial charge in [-0.05, 0) is 50.5 Å². The fraction of sp³-hybridized carbons (Fsp3) is 0.462. The van der Waals surface area contributed by atoms with Crippen LogP contribution in [0.5, 0.6) is 0 Å². The molecule has 0 unspecified atom stereocenters. The van der Waals surface area contributed by atoms with E-state index in [1.165, 1.54) is 5.56 Å². The van der Waals surface area contributed by atoms with Crippen molar-refractivity contribution >= 4 is 23.3 Å². The Hall–Kier alpha value is -1.69. The maximum absolute atomic E-state index is 5.43. The molecule has 0 radical (unpaired) electrons. The highest BCUT2D eigenvalue weighted by molar-refractivity contribution is 7.80. The Morgan fingerprint density at radius 2 is 2.32 bits per heavy atom. The molecule has 0 bridgehead atoms. The number of aliphatic imine (C=N–C) groups is 1. The summed E-state index contributed by atoms with van der Waals surface area (Å²) >= 11 is 4.79. The van der Waals surface area contributed by atoms with Gasteiger partial charge in [0.05, 0.1) is 0 Å². The van der Waals surface area contributed by atoms with E-state index >= 15 is 0 Å². The lowest BCUT2D eigenvalue weighted by molar-refractivity contribution is 0.793. The van der Waals surface area contributed by atoms with Gasteiger partial charge in [-0.25, -0.2) is 0 Å². The van der Waals surface area contributed by atoms with Crippen molar-refractivity contribution in [1.29, 1.82) is 0 Å². The zero-order valence-electron chi connectivity index (χ0n) is 11.4. The summed E-state index contributed by atoms with van der Waals surface area (Å²) in [5, 5.41) is 6.13. The molecule has 0 aliphatic rings. The Bertz CT molecular complexity index is 444. The molecule has 1 aromatic rings. The summed E-state index contributed by atoms with van der Waals surface area (Å²) in [6.45, 7) is 5.54. The number of aryl methyl sites for hydroxylation is 2. The largest absolute Gasteiger partial charge is 0.376 e. The molecule has 1 heterocycles. The van der Waals surface area contributed by atoms with Gasteiger partial charge in [-0.3, -0.25) is 9.98 Å². The van der Waals surface area contributed by atoms with Gasteiger partial charge in [0.15, 0.2) is 11.1 Å². The second-order valence-electron chi connectivity index (χ2n) is 4.12. The van der Waals surface area contributed by atoms with E-state index in [0.29, 0.717) is 12.5 Å². The fourth-order valence-electron chi connectivity index (χ4n) is 1.64. The van der Waals surface area contributed by atoms with Crippen molar-refractivity contribution in [2.45, 2.75) is 26.7 Å². The molecule has 0 saturated carbocycles. The second kappa shape index (κ2) is 8.42. The smallest absolute Gasteiger partial charge is 0.197 e. The predicted molar refractivity (Wildman–Crippen MR) is 83.2 cm³/mol. The van der Waals surface area contributed by atoms with Crippen molar-refractivity contribution in [1.82, 2.24) is 15.6 Å². The molecule has 1 aromatic heterocycles. The normalized spacial score (nSPS) is 11.2. The van der Waals surface area contributed by atoms with E-state index in [4.69, 9.17) is 18.0 Å². The summed E-state index contributed by atoms with van der Waals surface area (Å²) < 4.78 is 0. The van der Waals surface area contributed by atoms with E-state index < -0.39 is 0 Å². The SMILES string of the molecule is CCNC(=NCCCc1ncccc1C)NC(N)=S. The third-order valence-corrected chi connectivity index (χ3v) is 2.65. The highest BCUT2D eigenvalue weighted by Crippen LogP contribution is 2.05. The molecule has 0 aromatic carbocycles. The van der Waals surface area contributed by atoms with E-state index in [1.807, 2.05) is 19.2 Å². The summed E-state index contributed by atoms with van der Waals surface area (Å²) in [6.07, 6.45) is 3.68. The zero-order chi connectivity index (χ0) is 14.1. The minimum atomic E-state index is 0.222. The Labute approximate surface area is 119 Å². The van der Waals surface area contributed by atoms with Crippen LogP contribution in [0.1, 0.15) is 24.6 Å². The van der Waals surface area contributed by atoms with Gasteiger partial charge in [0.1, 0.15) is 0 Å². The average molecular weight is 279 g/mol. The first-order chi connectivity index (χ1) is 9.13. The number of rotatable bonds is 5. The van der Waals surface area contributed by atoms with Crippen molar-refractivity contribution in [3.8, 4) is 0 Å². The molecule has 1 rings (SSSR count). The number of nitrogens with one attached hydrogen (secondary N) is 2. The van der Waals surface area contributed by atoms with Gasteiger partial charge >= 0.3 is 0 Å². The second-order valence-corrected chi connectivity index (χ2v) is 4.56. The lowest BCUT2D eigenvalue weighted by Crippen LogP contribution is -2.43. The molecule has 19 heavy (non-hydrogen) atoms. The van der Waals surface area contributed by atoms with Gasteiger partial charge < -0.3 is 16.4 Å². The van der Waals surface area contributed by atoms with Crippen LogP contribution in [0.3, 0.4) is 0 Å². The van der Waals surface area contributed by atoms with E-state index in [1.54, 1.807) is 0 Å². The molecule has 0 aliphatic heterocycles. The summed E-state index contributed by atoms with van der Waals surface area (Å²) in [7, 11) is 0. The van der Waals surface area contributed by atoms with Gasteiger partial charge in [0, 0.05) is 25.0 Å². The highest BCUT2D eigenvalue weighted by Gasteiger charge is 2.00. The van der Waals surface area contributed by atoms with Crippen molar-refractivity contribution in [2.75, 3.05) is 13.1 Å². The number of hydrogen-bond donors (Lipinski definition) is 3. The molecular formula is C13H21N5S. The van der Waals surface area contributed by atoms with Gasteiger partial charge in [0.2, 0.25) is 0 Å². The highest BCUT2D eigenvalue weighted by atomic mass is 32.1. The molecule has 0 spiro atoms. The monoisotopic (exact) mass is 279 g/mol. The van der Waals surface area contributed by atoms with Gasteiger partial charge in [-0.15, -0.1) is 0 Å². The van der Waals surface area contributed by atoms with Crippen LogP contribution in [0.2, 0.25) is 0 Å². The molecule has 0 fully saturated rings. The predicted octanol–water partition coefficient (Wildman–Crippen LogP) is 1.12. The van der Waals surface area contributed by atoms with Crippen molar-refractivity contribution in [3.05, 3.63) is 29.6 Å². The van der Waals surface area contributed by atoms with E-state index in [9.17, 15) is 0 Å². The third-order valence-electron chi connectivity index (χ3n) is 2.55. The minimum Gasteiger partial charge on any atom is -0.376 e. The van der Waals surface area contributed by atoms with Crippen LogP contribution in [-0.2, 0) is 6.42 Å². The number of guanidine groups is 1. The maximum atomic E-state index is 5.43. The molecule has 0 amide bonds. The summed E-state index contributed by atoms with van der Waals surface area (Å²) in [5.74, 6) is 0.632. The van der Waals surface area contributed by atoms with Crippen LogP contribution in [0.25, 0.3) is 0 Å². The summed E-state index contributed by atoms with van der Waals surface area (Å²) in [5.41, 5.74) is 7.78. The lowest BCUT2D eigenvalue weighted by Gasteiger charge is -2.09. The molecule has 6 heteroatoms. The van der Waals surface area contributed by atoms with Gasteiger partial charge in [-0.2, -0.15) is 0 Å². The van der Waals surface area contributed by atoms with E-state index in [-0.39, 0.29) is 5.11 Å². The Morgan fingerprint density at radius 3 is 2.95 bits per heavy atom. The fourth-order valence-corrected chi connectivity index (χ4v) is 1.74.